The first-order chi connectivity index (χ1) is 9.73. The Hall–Kier alpha value is -1.06. The van der Waals surface area contributed by atoms with Crippen molar-refractivity contribution in [2.45, 2.75) is 71.4 Å². The first-order valence-electron chi connectivity index (χ1n) is 8.36. The Bertz CT molecular complexity index is 460. The second kappa shape index (κ2) is 4.72. The molecule has 3 aliphatic rings. The van der Waals surface area contributed by atoms with Gasteiger partial charge in [-0.15, -0.1) is 0 Å². The predicted molar refractivity (Wildman–Crippen MR) is 81.6 cm³/mol. The summed E-state index contributed by atoms with van der Waals surface area (Å²) in [5.74, 6) is 1.28. The second-order valence-electron chi connectivity index (χ2n) is 8.47. The maximum absolute atomic E-state index is 13.1. The maximum atomic E-state index is 13.1. The molecule has 0 bridgehead atoms. The molecule has 1 heterocycles. The van der Waals surface area contributed by atoms with E-state index in [2.05, 4.69) is 26.1 Å². The second-order valence-corrected chi connectivity index (χ2v) is 8.47. The summed E-state index contributed by atoms with van der Waals surface area (Å²) in [4.78, 5) is 27.7. The molecule has 118 valence electrons. The van der Waals surface area contributed by atoms with Crippen LogP contribution in [0.2, 0.25) is 0 Å². The van der Waals surface area contributed by atoms with Gasteiger partial charge in [0.25, 0.3) is 0 Å². The van der Waals surface area contributed by atoms with Gasteiger partial charge in [-0.05, 0) is 43.4 Å². The van der Waals surface area contributed by atoms with Gasteiger partial charge in [0.05, 0.1) is 0 Å². The zero-order chi connectivity index (χ0) is 15.4. The fourth-order valence-corrected chi connectivity index (χ4v) is 3.69. The molecule has 0 aromatic rings. The maximum Gasteiger partial charge on any atom is 0.249 e. The Morgan fingerprint density at radius 1 is 1.19 bits per heavy atom. The van der Waals surface area contributed by atoms with Crippen molar-refractivity contribution in [2.24, 2.45) is 17.3 Å². The summed E-state index contributed by atoms with van der Waals surface area (Å²) in [6.07, 6.45) is 5.73. The van der Waals surface area contributed by atoms with Gasteiger partial charge in [0, 0.05) is 6.54 Å². The molecule has 3 fully saturated rings. The molecule has 4 nitrogen and oxygen atoms in total. The summed E-state index contributed by atoms with van der Waals surface area (Å²) >= 11 is 0. The Kier molecular flexibility index (Phi) is 3.34. The molecule has 1 saturated heterocycles. The van der Waals surface area contributed by atoms with Crippen LogP contribution in [0, 0.1) is 17.3 Å². The molecular formula is C17H28N2O2. The van der Waals surface area contributed by atoms with Crippen LogP contribution in [0.3, 0.4) is 0 Å². The van der Waals surface area contributed by atoms with Gasteiger partial charge < -0.3 is 10.2 Å². The van der Waals surface area contributed by atoms with Crippen LogP contribution < -0.4 is 5.32 Å². The minimum absolute atomic E-state index is 0.0345. The van der Waals surface area contributed by atoms with Crippen LogP contribution in [0.15, 0.2) is 0 Å². The monoisotopic (exact) mass is 292 g/mol. The average molecular weight is 292 g/mol. The molecule has 0 aromatic heterocycles. The quantitative estimate of drug-likeness (QED) is 0.864. The first-order valence-corrected chi connectivity index (χ1v) is 8.36. The number of nitrogens with zero attached hydrogens (tertiary/aromatic N) is 1. The van der Waals surface area contributed by atoms with Gasteiger partial charge in [0.2, 0.25) is 11.8 Å². The third-order valence-electron chi connectivity index (χ3n) is 5.34. The van der Waals surface area contributed by atoms with Gasteiger partial charge in [-0.2, -0.15) is 0 Å². The SMILES string of the molecule is CC(C)(C)C1C(=O)NC(C)(C2CC2)C(=O)N1CCC1CC1. The van der Waals surface area contributed by atoms with Crippen LogP contribution in [0.4, 0.5) is 0 Å². The van der Waals surface area contributed by atoms with Gasteiger partial charge in [0.15, 0.2) is 0 Å². The van der Waals surface area contributed by atoms with Crippen molar-refractivity contribution >= 4 is 11.8 Å². The number of hydrogen-bond acceptors (Lipinski definition) is 2. The summed E-state index contributed by atoms with van der Waals surface area (Å²) in [6.45, 7) is 8.81. The lowest BCUT2D eigenvalue weighted by molar-refractivity contribution is -0.160. The van der Waals surface area contributed by atoms with Crippen LogP contribution in [-0.2, 0) is 9.59 Å². The smallest absolute Gasteiger partial charge is 0.249 e. The van der Waals surface area contributed by atoms with Crippen molar-refractivity contribution in [3.8, 4) is 0 Å². The van der Waals surface area contributed by atoms with E-state index in [9.17, 15) is 9.59 Å². The highest BCUT2D eigenvalue weighted by molar-refractivity contribution is 6.00. The Morgan fingerprint density at radius 2 is 1.81 bits per heavy atom. The van der Waals surface area contributed by atoms with E-state index in [0.717, 1.165) is 31.7 Å². The van der Waals surface area contributed by atoms with Crippen LogP contribution in [0.5, 0.6) is 0 Å². The zero-order valence-electron chi connectivity index (χ0n) is 13.7. The fourth-order valence-electron chi connectivity index (χ4n) is 3.69. The molecule has 2 aliphatic carbocycles. The molecule has 2 saturated carbocycles. The Morgan fingerprint density at radius 3 is 2.29 bits per heavy atom. The summed E-state index contributed by atoms with van der Waals surface area (Å²) in [7, 11) is 0. The van der Waals surface area contributed by atoms with E-state index in [1.807, 2.05) is 11.8 Å². The third-order valence-corrected chi connectivity index (χ3v) is 5.34. The summed E-state index contributed by atoms with van der Waals surface area (Å²) in [6, 6.07) is -0.337. The summed E-state index contributed by atoms with van der Waals surface area (Å²) in [5, 5.41) is 3.06. The molecule has 1 aliphatic heterocycles. The van der Waals surface area contributed by atoms with Gasteiger partial charge in [-0.25, -0.2) is 0 Å². The lowest BCUT2D eigenvalue weighted by Gasteiger charge is -2.49. The normalized spacial score (nSPS) is 34.1. The average Bonchev–Trinajstić information content (AvgIpc) is 3.24. The van der Waals surface area contributed by atoms with Gasteiger partial charge in [-0.1, -0.05) is 33.6 Å². The van der Waals surface area contributed by atoms with E-state index in [4.69, 9.17) is 0 Å². The van der Waals surface area contributed by atoms with Gasteiger partial charge in [-0.3, -0.25) is 9.59 Å². The Labute approximate surface area is 127 Å². The number of nitrogens with one attached hydrogen (secondary N) is 1. The lowest BCUT2D eigenvalue weighted by atomic mass is 9.79. The van der Waals surface area contributed by atoms with Crippen molar-refractivity contribution in [1.82, 2.24) is 10.2 Å². The molecule has 0 spiro atoms. The number of rotatable bonds is 4. The number of carbonyl (C=O) groups is 2. The predicted octanol–water partition coefficient (Wildman–Crippen LogP) is 2.33. The van der Waals surface area contributed by atoms with Gasteiger partial charge in [0.1, 0.15) is 11.6 Å². The molecule has 0 radical (unpaired) electrons. The fraction of sp³-hybridized carbons (Fsp3) is 0.882. The number of piperazine rings is 1. The van der Waals surface area contributed by atoms with E-state index in [1.54, 1.807) is 0 Å². The minimum atomic E-state index is -0.664. The van der Waals surface area contributed by atoms with E-state index in [-0.39, 0.29) is 23.3 Å². The molecule has 1 N–H and O–H groups in total. The highest BCUT2D eigenvalue weighted by atomic mass is 16.2. The molecule has 21 heavy (non-hydrogen) atoms. The summed E-state index contributed by atoms with van der Waals surface area (Å²) < 4.78 is 0. The van der Waals surface area contributed by atoms with Crippen molar-refractivity contribution in [3.05, 3.63) is 0 Å². The lowest BCUT2D eigenvalue weighted by Crippen LogP contribution is -2.72. The van der Waals surface area contributed by atoms with E-state index >= 15 is 0 Å². The van der Waals surface area contributed by atoms with Crippen LogP contribution >= 0.6 is 0 Å². The van der Waals surface area contributed by atoms with Crippen LogP contribution in [-0.4, -0.2) is 34.8 Å². The molecule has 2 atom stereocenters. The van der Waals surface area contributed by atoms with Crippen molar-refractivity contribution in [3.63, 3.8) is 0 Å². The largest absolute Gasteiger partial charge is 0.340 e. The number of carbonyl (C=O) groups excluding carboxylic acids is 2. The van der Waals surface area contributed by atoms with Crippen molar-refractivity contribution in [1.29, 1.82) is 0 Å². The molecule has 0 aromatic carbocycles. The Balaban J connectivity index is 1.85. The summed E-state index contributed by atoms with van der Waals surface area (Å²) in [5.41, 5.74) is -0.892. The van der Waals surface area contributed by atoms with Crippen LogP contribution in [0.25, 0.3) is 0 Å². The van der Waals surface area contributed by atoms with Crippen molar-refractivity contribution < 1.29 is 9.59 Å². The van der Waals surface area contributed by atoms with Crippen molar-refractivity contribution in [2.75, 3.05) is 6.54 Å². The molecular weight excluding hydrogens is 264 g/mol. The highest BCUT2D eigenvalue weighted by Gasteiger charge is 2.57. The minimum Gasteiger partial charge on any atom is -0.340 e. The molecule has 2 amide bonds. The topological polar surface area (TPSA) is 49.4 Å². The third kappa shape index (κ3) is 2.69. The molecule has 4 heteroatoms. The van der Waals surface area contributed by atoms with Gasteiger partial charge >= 0.3 is 0 Å². The van der Waals surface area contributed by atoms with E-state index < -0.39 is 5.54 Å². The number of amides is 2. The highest BCUT2D eigenvalue weighted by Crippen LogP contribution is 2.44. The first kappa shape index (κ1) is 14.9. The zero-order valence-corrected chi connectivity index (χ0v) is 13.7. The molecule has 3 rings (SSSR count). The number of hydrogen-bond donors (Lipinski definition) is 1. The van der Waals surface area contributed by atoms with E-state index in [0.29, 0.717) is 5.92 Å². The molecule has 2 unspecified atom stereocenters. The van der Waals surface area contributed by atoms with Crippen LogP contribution in [0.1, 0.15) is 59.8 Å². The van der Waals surface area contributed by atoms with E-state index in [1.165, 1.54) is 12.8 Å². The standard InChI is InChI=1S/C17H28N2O2/c1-16(2,3)13-14(20)18-17(4,12-7-8-12)15(21)19(13)10-9-11-5-6-11/h11-13H,5-10H2,1-4H3,(H,18,20).